The van der Waals surface area contributed by atoms with Gasteiger partial charge >= 0.3 is 0 Å². The highest BCUT2D eigenvalue weighted by Crippen LogP contribution is 1.94. The summed E-state index contributed by atoms with van der Waals surface area (Å²) < 4.78 is 1.61. The van der Waals surface area contributed by atoms with Crippen molar-refractivity contribution < 1.29 is 0 Å². The minimum atomic E-state index is 0.605. The average Bonchev–Trinajstić information content (AvgIpc) is 2.59. The fourth-order valence-electron chi connectivity index (χ4n) is 0.851. The smallest absolute Gasteiger partial charge is 0.138 e. The van der Waals surface area contributed by atoms with Crippen molar-refractivity contribution in [2.45, 2.75) is 6.54 Å². The number of hydrogen-bond acceptors (Lipinski definition) is 5. The van der Waals surface area contributed by atoms with E-state index in [1.54, 1.807) is 23.4 Å². The molecule has 2 aromatic rings. The summed E-state index contributed by atoms with van der Waals surface area (Å²) in [6.07, 6.45) is 6.50. The standard InChI is InChI=1S/C6H6N6/c1-6(2-8-4-7-1)3-12-5-9-10-11-12/h1-2,4-5H,3H2. The van der Waals surface area contributed by atoms with Gasteiger partial charge in [0.05, 0.1) is 6.54 Å². The van der Waals surface area contributed by atoms with Crippen LogP contribution in [0.25, 0.3) is 0 Å². The fourth-order valence-corrected chi connectivity index (χ4v) is 0.851. The van der Waals surface area contributed by atoms with Crippen LogP contribution in [0.15, 0.2) is 25.0 Å². The second-order valence-electron chi connectivity index (χ2n) is 2.25. The zero-order valence-electron chi connectivity index (χ0n) is 6.20. The minimum Gasteiger partial charge on any atom is -0.244 e. The first-order valence-corrected chi connectivity index (χ1v) is 3.40. The van der Waals surface area contributed by atoms with Crippen LogP contribution in [0.3, 0.4) is 0 Å². The second-order valence-corrected chi connectivity index (χ2v) is 2.25. The monoisotopic (exact) mass is 162 g/mol. The Balaban J connectivity index is 2.15. The topological polar surface area (TPSA) is 69.4 Å². The van der Waals surface area contributed by atoms with E-state index >= 15 is 0 Å². The summed E-state index contributed by atoms with van der Waals surface area (Å²) in [6.45, 7) is 0.605. The second kappa shape index (κ2) is 3.04. The van der Waals surface area contributed by atoms with Gasteiger partial charge in [0.2, 0.25) is 0 Å². The molecule has 6 nitrogen and oxygen atoms in total. The van der Waals surface area contributed by atoms with Gasteiger partial charge in [-0.1, -0.05) is 0 Å². The molecular weight excluding hydrogens is 156 g/mol. The van der Waals surface area contributed by atoms with Gasteiger partial charge in [-0.2, -0.15) is 0 Å². The van der Waals surface area contributed by atoms with Crippen LogP contribution in [-0.4, -0.2) is 30.2 Å². The highest BCUT2D eigenvalue weighted by Gasteiger charge is 1.94. The Kier molecular flexibility index (Phi) is 1.73. The first kappa shape index (κ1) is 6.84. The maximum Gasteiger partial charge on any atom is 0.138 e. The number of tetrazole rings is 1. The Hall–Kier alpha value is -1.85. The van der Waals surface area contributed by atoms with Crippen LogP contribution in [0.2, 0.25) is 0 Å². The van der Waals surface area contributed by atoms with Gasteiger partial charge < -0.3 is 0 Å². The van der Waals surface area contributed by atoms with Crippen molar-refractivity contribution in [2.24, 2.45) is 0 Å². The summed E-state index contributed by atoms with van der Waals surface area (Å²) in [7, 11) is 0. The van der Waals surface area contributed by atoms with Crippen molar-refractivity contribution in [3.8, 4) is 0 Å². The van der Waals surface area contributed by atoms with Crippen LogP contribution in [0.1, 0.15) is 5.56 Å². The molecule has 12 heavy (non-hydrogen) atoms. The third kappa shape index (κ3) is 1.42. The van der Waals surface area contributed by atoms with Gasteiger partial charge in [-0.25, -0.2) is 14.6 Å². The number of nitrogens with zero attached hydrogens (tertiary/aromatic N) is 6. The van der Waals surface area contributed by atoms with Gasteiger partial charge in [-0.05, 0) is 10.4 Å². The molecule has 0 saturated heterocycles. The molecule has 2 rings (SSSR count). The molecule has 0 atom stereocenters. The molecule has 0 bridgehead atoms. The molecule has 0 N–H and O–H groups in total. The summed E-state index contributed by atoms with van der Waals surface area (Å²) in [5, 5.41) is 10.7. The predicted octanol–water partition coefficient (Wildman–Crippen LogP) is -0.489. The van der Waals surface area contributed by atoms with Crippen LogP contribution in [0.4, 0.5) is 0 Å². The van der Waals surface area contributed by atoms with Crippen LogP contribution in [0.5, 0.6) is 0 Å². The Bertz CT molecular complexity index is 328. The molecule has 60 valence electrons. The predicted molar refractivity (Wildman–Crippen MR) is 39.0 cm³/mol. The van der Waals surface area contributed by atoms with Crippen molar-refractivity contribution in [1.82, 2.24) is 30.2 Å². The maximum atomic E-state index is 3.87. The largest absolute Gasteiger partial charge is 0.244 e. The van der Waals surface area contributed by atoms with E-state index in [-0.39, 0.29) is 0 Å². The lowest BCUT2D eigenvalue weighted by molar-refractivity contribution is 0.645. The first-order valence-electron chi connectivity index (χ1n) is 3.40. The molecule has 0 spiro atoms. The lowest BCUT2D eigenvalue weighted by Gasteiger charge is -1.96. The van der Waals surface area contributed by atoms with E-state index in [4.69, 9.17) is 0 Å². The van der Waals surface area contributed by atoms with Crippen LogP contribution in [0, 0.1) is 0 Å². The van der Waals surface area contributed by atoms with Crippen molar-refractivity contribution >= 4 is 0 Å². The molecular formula is C6H6N6. The summed E-state index contributed by atoms with van der Waals surface area (Å²) in [5.41, 5.74) is 0.977. The summed E-state index contributed by atoms with van der Waals surface area (Å²) in [5.74, 6) is 0. The molecule has 6 heteroatoms. The van der Waals surface area contributed by atoms with Gasteiger partial charge in [0.25, 0.3) is 0 Å². The van der Waals surface area contributed by atoms with E-state index in [1.165, 1.54) is 6.33 Å². The number of rotatable bonds is 2. The normalized spacial score (nSPS) is 10.0. The average molecular weight is 162 g/mol. The Labute approximate surface area is 68.3 Å². The summed E-state index contributed by atoms with van der Waals surface area (Å²) >= 11 is 0. The maximum absolute atomic E-state index is 3.87. The summed E-state index contributed by atoms with van der Waals surface area (Å²) in [4.78, 5) is 7.74. The molecule has 0 fully saturated rings. The first-order chi connectivity index (χ1) is 5.95. The zero-order chi connectivity index (χ0) is 8.23. The summed E-state index contributed by atoms with van der Waals surface area (Å²) in [6, 6.07) is 0. The number of hydrogen-bond donors (Lipinski definition) is 0. The molecule has 0 aliphatic carbocycles. The highest BCUT2D eigenvalue weighted by atomic mass is 15.5. The van der Waals surface area contributed by atoms with E-state index in [2.05, 4.69) is 25.5 Å². The van der Waals surface area contributed by atoms with Gasteiger partial charge in [-0.3, -0.25) is 0 Å². The molecule has 0 amide bonds. The van der Waals surface area contributed by atoms with E-state index < -0.39 is 0 Å². The molecule has 0 saturated carbocycles. The zero-order valence-corrected chi connectivity index (χ0v) is 6.20. The third-order valence-corrected chi connectivity index (χ3v) is 1.35. The van der Waals surface area contributed by atoms with E-state index in [9.17, 15) is 0 Å². The van der Waals surface area contributed by atoms with Crippen molar-refractivity contribution in [1.29, 1.82) is 0 Å². The fraction of sp³-hybridized carbons (Fsp3) is 0.167. The van der Waals surface area contributed by atoms with Crippen molar-refractivity contribution in [3.05, 3.63) is 30.6 Å². The highest BCUT2D eigenvalue weighted by molar-refractivity contribution is 5.01. The minimum absolute atomic E-state index is 0.605. The van der Waals surface area contributed by atoms with Crippen molar-refractivity contribution in [3.63, 3.8) is 0 Å². The molecule has 0 aliphatic heterocycles. The van der Waals surface area contributed by atoms with Gasteiger partial charge in [-0.15, -0.1) is 5.10 Å². The third-order valence-electron chi connectivity index (χ3n) is 1.35. The quantitative estimate of drug-likeness (QED) is 0.596. The lowest BCUT2D eigenvalue weighted by Crippen LogP contribution is -2.01. The van der Waals surface area contributed by atoms with E-state index in [0.29, 0.717) is 6.54 Å². The molecule has 0 aromatic carbocycles. The molecule has 0 aliphatic rings. The van der Waals surface area contributed by atoms with Crippen LogP contribution >= 0.6 is 0 Å². The van der Waals surface area contributed by atoms with E-state index in [0.717, 1.165) is 5.56 Å². The van der Waals surface area contributed by atoms with Gasteiger partial charge in [0, 0.05) is 18.0 Å². The van der Waals surface area contributed by atoms with E-state index in [1.807, 2.05) is 0 Å². The Morgan fingerprint density at radius 2 is 2.08 bits per heavy atom. The molecule has 0 unspecified atom stereocenters. The molecule has 2 aromatic heterocycles. The van der Waals surface area contributed by atoms with Crippen molar-refractivity contribution in [2.75, 3.05) is 0 Å². The van der Waals surface area contributed by atoms with Crippen LogP contribution in [-0.2, 0) is 6.54 Å². The molecule has 2 heterocycles. The van der Waals surface area contributed by atoms with Gasteiger partial charge in [0.1, 0.15) is 12.7 Å². The van der Waals surface area contributed by atoms with Crippen LogP contribution < -0.4 is 0 Å². The molecule has 0 radical (unpaired) electrons. The lowest BCUT2D eigenvalue weighted by atomic mass is 10.3. The number of aromatic nitrogens is 6. The Morgan fingerprint density at radius 1 is 1.25 bits per heavy atom. The Morgan fingerprint density at radius 3 is 2.75 bits per heavy atom. The SMILES string of the molecule is c1ncc(Cn2cnnn2)cn1. The van der Waals surface area contributed by atoms with Gasteiger partial charge in [0.15, 0.2) is 0 Å².